The highest BCUT2D eigenvalue weighted by atomic mass is 16.5. The predicted octanol–water partition coefficient (Wildman–Crippen LogP) is 4.39. The number of carbonyl (C=O) groups is 1. The third-order valence-corrected chi connectivity index (χ3v) is 6.55. The lowest BCUT2D eigenvalue weighted by molar-refractivity contribution is -0.118. The Kier molecular flexibility index (Phi) is 5.91. The van der Waals surface area contributed by atoms with E-state index in [2.05, 4.69) is 25.5 Å². The molecule has 39 heavy (non-hydrogen) atoms. The topological polar surface area (TPSA) is 120 Å². The van der Waals surface area contributed by atoms with Gasteiger partial charge in [0.2, 0.25) is 5.95 Å². The van der Waals surface area contributed by atoms with Gasteiger partial charge in [-0.2, -0.15) is 19.9 Å². The molecule has 194 valence electrons. The van der Waals surface area contributed by atoms with Crippen molar-refractivity contribution in [3.63, 3.8) is 0 Å². The predicted molar refractivity (Wildman–Crippen MR) is 149 cm³/mol. The number of H-pyrrole nitrogens is 1. The number of hydrogen-bond donors (Lipinski definition) is 2. The first kappa shape index (κ1) is 24.1. The summed E-state index contributed by atoms with van der Waals surface area (Å²) in [5.41, 5.74) is 3.68. The van der Waals surface area contributed by atoms with Crippen LogP contribution in [0, 0.1) is 20.8 Å². The molecule has 0 fully saturated rings. The number of ether oxygens (including phenoxy) is 1. The Labute approximate surface area is 222 Å². The number of aromatic amines is 1. The molecule has 0 radical (unpaired) electrons. The Hall–Kier alpha value is -5.25. The molecule has 10 heteroatoms. The van der Waals surface area contributed by atoms with Gasteiger partial charge in [-0.1, -0.05) is 36.4 Å². The van der Waals surface area contributed by atoms with Crippen LogP contribution in [0.3, 0.4) is 0 Å². The number of hydrogen-bond acceptors (Lipinski definition) is 6. The average molecular weight is 520 g/mol. The molecule has 2 N–H and O–H groups in total. The van der Waals surface area contributed by atoms with Crippen molar-refractivity contribution in [1.82, 2.24) is 29.5 Å². The minimum absolute atomic E-state index is 0.150. The van der Waals surface area contributed by atoms with Gasteiger partial charge in [0.25, 0.3) is 11.5 Å². The fraction of sp³-hybridized carbons (Fsp3) is 0.138. The van der Waals surface area contributed by atoms with Crippen molar-refractivity contribution < 1.29 is 9.53 Å². The van der Waals surface area contributed by atoms with Crippen LogP contribution < -0.4 is 15.6 Å². The molecule has 0 aliphatic rings. The summed E-state index contributed by atoms with van der Waals surface area (Å²) in [6.45, 7) is 5.63. The van der Waals surface area contributed by atoms with Gasteiger partial charge in [0.1, 0.15) is 17.0 Å². The number of fused-ring (bicyclic) bond motifs is 2. The SMILES string of the molecule is Cc1cc(NC(=O)COc2ccc3ccccc3c2)n(-c2nc3c(cnn3-c3ccc(C)c(C)c3)c(=O)[nH]2)n1. The number of aromatic nitrogens is 6. The van der Waals surface area contributed by atoms with Crippen molar-refractivity contribution in [1.29, 1.82) is 0 Å². The van der Waals surface area contributed by atoms with Crippen molar-refractivity contribution in [3.05, 3.63) is 100 Å². The molecular weight excluding hydrogens is 494 g/mol. The van der Waals surface area contributed by atoms with E-state index < -0.39 is 0 Å². The molecule has 10 nitrogen and oxygen atoms in total. The molecule has 3 aromatic carbocycles. The maximum atomic E-state index is 12.9. The Balaban J connectivity index is 1.28. The molecule has 0 aliphatic heterocycles. The minimum atomic E-state index is -0.382. The second kappa shape index (κ2) is 9.56. The first-order chi connectivity index (χ1) is 18.9. The summed E-state index contributed by atoms with van der Waals surface area (Å²) in [4.78, 5) is 33.1. The summed E-state index contributed by atoms with van der Waals surface area (Å²) in [7, 11) is 0. The molecule has 1 amide bonds. The van der Waals surface area contributed by atoms with Crippen LogP contribution in [0.1, 0.15) is 16.8 Å². The molecular formula is C29H25N7O3. The molecule has 0 atom stereocenters. The van der Waals surface area contributed by atoms with Crippen LogP contribution >= 0.6 is 0 Å². The normalized spacial score (nSPS) is 11.3. The summed E-state index contributed by atoms with van der Waals surface area (Å²) in [6.07, 6.45) is 1.49. The molecule has 0 aliphatic carbocycles. The maximum absolute atomic E-state index is 12.9. The smallest absolute Gasteiger partial charge is 0.263 e. The van der Waals surface area contributed by atoms with Crippen LogP contribution in [0.25, 0.3) is 33.4 Å². The lowest BCUT2D eigenvalue weighted by atomic mass is 10.1. The summed E-state index contributed by atoms with van der Waals surface area (Å²) < 4.78 is 8.73. The Morgan fingerprint density at radius 2 is 1.77 bits per heavy atom. The Morgan fingerprint density at radius 1 is 0.949 bits per heavy atom. The van der Waals surface area contributed by atoms with Crippen molar-refractivity contribution >= 4 is 33.5 Å². The molecule has 6 rings (SSSR count). The standard InChI is InChI=1S/C29H25N7O3/c1-17-8-10-22(12-18(17)2)35-27-24(15-30-35)28(38)33-29(32-27)36-25(13-19(3)34-36)31-26(37)16-39-23-11-9-20-6-4-5-7-21(20)14-23/h4-15H,16H2,1-3H3,(H,31,37)(H,32,33,38). The lowest BCUT2D eigenvalue weighted by Gasteiger charge is -2.10. The highest BCUT2D eigenvalue weighted by Crippen LogP contribution is 2.22. The lowest BCUT2D eigenvalue weighted by Crippen LogP contribution is -2.23. The van der Waals surface area contributed by atoms with Gasteiger partial charge in [-0.3, -0.25) is 14.6 Å². The van der Waals surface area contributed by atoms with E-state index in [1.807, 2.05) is 74.5 Å². The van der Waals surface area contributed by atoms with Crippen LogP contribution in [0.15, 0.2) is 77.7 Å². The summed E-state index contributed by atoms with van der Waals surface area (Å²) in [6, 6.07) is 21.2. The number of nitrogens with one attached hydrogen (secondary N) is 2. The first-order valence-electron chi connectivity index (χ1n) is 12.4. The molecule has 0 unspecified atom stereocenters. The van der Waals surface area contributed by atoms with E-state index in [4.69, 9.17) is 4.74 Å². The van der Waals surface area contributed by atoms with Gasteiger partial charge in [-0.25, -0.2) is 4.68 Å². The number of carbonyl (C=O) groups excluding carboxylic acids is 1. The third-order valence-electron chi connectivity index (χ3n) is 6.55. The quantitative estimate of drug-likeness (QED) is 0.337. The van der Waals surface area contributed by atoms with E-state index in [0.29, 0.717) is 28.3 Å². The zero-order chi connectivity index (χ0) is 27.1. The minimum Gasteiger partial charge on any atom is -0.484 e. The highest BCUT2D eigenvalue weighted by molar-refractivity contribution is 5.91. The molecule has 6 aromatic rings. The molecule has 3 heterocycles. The van der Waals surface area contributed by atoms with Gasteiger partial charge in [0.05, 0.1) is 17.6 Å². The average Bonchev–Trinajstić information content (AvgIpc) is 3.52. The fourth-order valence-electron chi connectivity index (χ4n) is 4.39. The van der Waals surface area contributed by atoms with Crippen molar-refractivity contribution in [2.45, 2.75) is 20.8 Å². The van der Waals surface area contributed by atoms with E-state index in [9.17, 15) is 9.59 Å². The van der Waals surface area contributed by atoms with Crippen LogP contribution in [0.4, 0.5) is 5.82 Å². The van der Waals surface area contributed by atoms with Crippen LogP contribution in [0.2, 0.25) is 0 Å². The zero-order valence-electron chi connectivity index (χ0n) is 21.6. The molecule has 0 spiro atoms. The highest BCUT2D eigenvalue weighted by Gasteiger charge is 2.17. The second-order valence-corrected chi connectivity index (χ2v) is 9.38. The maximum Gasteiger partial charge on any atom is 0.263 e. The van der Waals surface area contributed by atoms with Gasteiger partial charge in [0.15, 0.2) is 12.3 Å². The van der Waals surface area contributed by atoms with Gasteiger partial charge in [0, 0.05) is 6.07 Å². The van der Waals surface area contributed by atoms with E-state index in [0.717, 1.165) is 27.6 Å². The van der Waals surface area contributed by atoms with E-state index in [1.54, 1.807) is 17.7 Å². The number of amides is 1. The van der Waals surface area contributed by atoms with Crippen molar-refractivity contribution in [3.8, 4) is 17.4 Å². The molecule has 0 bridgehead atoms. The number of benzene rings is 3. The third kappa shape index (κ3) is 4.63. The summed E-state index contributed by atoms with van der Waals surface area (Å²) >= 11 is 0. The van der Waals surface area contributed by atoms with Crippen molar-refractivity contribution in [2.75, 3.05) is 11.9 Å². The van der Waals surface area contributed by atoms with E-state index >= 15 is 0 Å². The second-order valence-electron chi connectivity index (χ2n) is 9.38. The zero-order valence-corrected chi connectivity index (χ0v) is 21.6. The van der Waals surface area contributed by atoms with Crippen LogP contribution in [-0.2, 0) is 4.79 Å². The summed E-state index contributed by atoms with van der Waals surface area (Å²) in [5, 5.41) is 14.1. The van der Waals surface area contributed by atoms with Gasteiger partial charge < -0.3 is 10.1 Å². The Morgan fingerprint density at radius 3 is 2.59 bits per heavy atom. The first-order valence-corrected chi connectivity index (χ1v) is 12.4. The van der Waals surface area contributed by atoms with Crippen LogP contribution in [-0.4, -0.2) is 42.0 Å². The van der Waals surface area contributed by atoms with Crippen molar-refractivity contribution in [2.24, 2.45) is 0 Å². The monoisotopic (exact) mass is 519 g/mol. The van der Waals surface area contributed by atoms with E-state index in [-0.39, 0.29) is 24.0 Å². The number of nitrogens with zero attached hydrogens (tertiary/aromatic N) is 5. The molecule has 0 saturated heterocycles. The van der Waals surface area contributed by atoms with E-state index in [1.165, 1.54) is 10.9 Å². The van der Waals surface area contributed by atoms with Gasteiger partial charge in [-0.15, -0.1) is 0 Å². The fourth-order valence-corrected chi connectivity index (χ4v) is 4.39. The number of rotatable bonds is 6. The van der Waals surface area contributed by atoms with Gasteiger partial charge >= 0.3 is 0 Å². The molecule has 0 saturated carbocycles. The van der Waals surface area contributed by atoms with Crippen LogP contribution in [0.5, 0.6) is 5.75 Å². The van der Waals surface area contributed by atoms with Gasteiger partial charge in [-0.05, 0) is 66.9 Å². The molecule has 3 aromatic heterocycles. The largest absolute Gasteiger partial charge is 0.484 e. The Bertz CT molecular complexity index is 1930. The number of anilines is 1. The summed E-state index contributed by atoms with van der Waals surface area (Å²) in [5.74, 6) is 0.703. The number of aryl methyl sites for hydroxylation is 3.